The molecular weight excluding hydrogens is 200 g/mol. The van der Waals surface area contributed by atoms with Gasteiger partial charge in [0.25, 0.3) is 0 Å². The Morgan fingerprint density at radius 3 is 2.38 bits per heavy atom. The summed E-state index contributed by atoms with van der Waals surface area (Å²) in [7, 11) is 0. The fourth-order valence-corrected chi connectivity index (χ4v) is 2.13. The average molecular weight is 226 g/mol. The summed E-state index contributed by atoms with van der Waals surface area (Å²) in [6, 6.07) is 0.828. The van der Waals surface area contributed by atoms with Gasteiger partial charge in [-0.1, -0.05) is 20.3 Å². The van der Waals surface area contributed by atoms with E-state index in [1.165, 1.54) is 19.3 Å². The summed E-state index contributed by atoms with van der Waals surface area (Å²) < 4.78 is 0. The van der Waals surface area contributed by atoms with Crippen LogP contribution in [0.15, 0.2) is 0 Å². The lowest BCUT2D eigenvalue weighted by Crippen LogP contribution is -2.45. The third kappa shape index (κ3) is 4.12. The molecule has 0 spiro atoms. The normalized spacial score (nSPS) is 18.2. The highest BCUT2D eigenvalue weighted by Crippen LogP contribution is 2.29. The molecule has 16 heavy (non-hydrogen) atoms. The van der Waals surface area contributed by atoms with Crippen molar-refractivity contribution in [1.29, 1.82) is 0 Å². The lowest BCUT2D eigenvalue weighted by molar-refractivity contribution is -0.121. The minimum Gasteiger partial charge on any atom is -0.352 e. The molecule has 0 aromatic heterocycles. The fourth-order valence-electron chi connectivity index (χ4n) is 2.13. The summed E-state index contributed by atoms with van der Waals surface area (Å²) in [6.07, 6.45) is 6.03. The molecule has 1 aliphatic carbocycles. The van der Waals surface area contributed by atoms with Gasteiger partial charge in [0, 0.05) is 12.1 Å². The van der Waals surface area contributed by atoms with Gasteiger partial charge in [-0.2, -0.15) is 0 Å². The number of hydrogen-bond donors (Lipinski definition) is 2. The quantitative estimate of drug-likeness (QED) is 0.698. The first-order chi connectivity index (χ1) is 7.67. The van der Waals surface area contributed by atoms with Crippen molar-refractivity contribution >= 4 is 5.91 Å². The van der Waals surface area contributed by atoms with E-state index in [1.807, 2.05) is 0 Å². The molecule has 0 aliphatic heterocycles. The molecule has 1 aliphatic rings. The first kappa shape index (κ1) is 13.5. The topological polar surface area (TPSA) is 41.1 Å². The van der Waals surface area contributed by atoms with Crippen molar-refractivity contribution in [1.82, 2.24) is 10.6 Å². The van der Waals surface area contributed by atoms with E-state index in [-0.39, 0.29) is 5.91 Å². The Morgan fingerprint density at radius 1 is 1.31 bits per heavy atom. The van der Waals surface area contributed by atoms with E-state index in [0.717, 1.165) is 18.8 Å². The van der Waals surface area contributed by atoms with E-state index >= 15 is 0 Å². The highest BCUT2D eigenvalue weighted by molar-refractivity contribution is 5.78. The van der Waals surface area contributed by atoms with Crippen molar-refractivity contribution in [3.8, 4) is 0 Å². The van der Waals surface area contributed by atoms with Crippen LogP contribution in [0.4, 0.5) is 0 Å². The van der Waals surface area contributed by atoms with Crippen molar-refractivity contribution in [3.63, 3.8) is 0 Å². The zero-order valence-electron chi connectivity index (χ0n) is 10.9. The maximum Gasteiger partial charge on any atom is 0.234 e. The second-order valence-corrected chi connectivity index (χ2v) is 4.94. The van der Waals surface area contributed by atoms with Crippen molar-refractivity contribution < 1.29 is 4.79 Å². The molecule has 94 valence electrons. The largest absolute Gasteiger partial charge is 0.352 e. The molecule has 1 unspecified atom stereocenters. The lowest BCUT2D eigenvalue weighted by Gasteiger charge is -2.32. The van der Waals surface area contributed by atoms with Crippen molar-refractivity contribution in [2.75, 3.05) is 6.54 Å². The summed E-state index contributed by atoms with van der Waals surface area (Å²) in [6.45, 7) is 6.88. The molecule has 3 heteroatoms. The second-order valence-electron chi connectivity index (χ2n) is 4.94. The highest BCUT2D eigenvalue weighted by atomic mass is 16.1. The molecule has 1 rings (SSSR count). The number of rotatable bonds is 7. The zero-order valence-corrected chi connectivity index (χ0v) is 10.9. The predicted molar refractivity (Wildman–Crippen MR) is 67.3 cm³/mol. The molecule has 3 nitrogen and oxygen atoms in total. The van der Waals surface area contributed by atoms with Gasteiger partial charge in [0.15, 0.2) is 0 Å². The van der Waals surface area contributed by atoms with Gasteiger partial charge in [-0.15, -0.1) is 0 Å². The van der Waals surface area contributed by atoms with E-state index in [4.69, 9.17) is 0 Å². The van der Waals surface area contributed by atoms with Gasteiger partial charge in [0.1, 0.15) is 0 Å². The third-order valence-corrected chi connectivity index (χ3v) is 3.79. The molecule has 1 saturated carbocycles. The Kier molecular flexibility index (Phi) is 5.81. The van der Waals surface area contributed by atoms with Gasteiger partial charge in [0.2, 0.25) is 5.91 Å². The summed E-state index contributed by atoms with van der Waals surface area (Å²) in [5.41, 5.74) is 0. The van der Waals surface area contributed by atoms with Gasteiger partial charge >= 0.3 is 0 Å². The Hall–Kier alpha value is -0.570. The van der Waals surface area contributed by atoms with Crippen LogP contribution in [-0.2, 0) is 4.79 Å². The molecule has 0 aromatic rings. The SMILES string of the molecule is CCC(CC)NC(=O)CNC(C)C1CCC1. The standard InChI is InChI=1S/C13H26N2O/c1-4-12(5-2)15-13(16)9-14-10(3)11-7-6-8-11/h10-12,14H,4-9H2,1-3H3,(H,15,16). The Labute approximate surface area is 99.4 Å². The van der Waals surface area contributed by atoms with Crippen LogP contribution in [0.5, 0.6) is 0 Å². The van der Waals surface area contributed by atoms with Gasteiger partial charge in [-0.25, -0.2) is 0 Å². The molecule has 2 N–H and O–H groups in total. The molecule has 1 fully saturated rings. The molecule has 0 saturated heterocycles. The minimum atomic E-state index is 0.139. The van der Waals surface area contributed by atoms with Gasteiger partial charge in [0.05, 0.1) is 6.54 Å². The van der Waals surface area contributed by atoms with Crippen LogP contribution in [0.1, 0.15) is 52.9 Å². The van der Waals surface area contributed by atoms with Crippen molar-refractivity contribution in [2.24, 2.45) is 5.92 Å². The number of hydrogen-bond acceptors (Lipinski definition) is 2. The van der Waals surface area contributed by atoms with Crippen LogP contribution in [0, 0.1) is 5.92 Å². The van der Waals surface area contributed by atoms with Crippen LogP contribution in [0.2, 0.25) is 0 Å². The van der Waals surface area contributed by atoms with Crippen LogP contribution in [0.25, 0.3) is 0 Å². The van der Waals surface area contributed by atoms with Gasteiger partial charge in [-0.3, -0.25) is 4.79 Å². The van der Waals surface area contributed by atoms with E-state index in [1.54, 1.807) is 0 Å². The first-order valence-corrected chi connectivity index (χ1v) is 6.70. The van der Waals surface area contributed by atoms with Crippen LogP contribution >= 0.6 is 0 Å². The third-order valence-electron chi connectivity index (χ3n) is 3.79. The monoisotopic (exact) mass is 226 g/mol. The fraction of sp³-hybridized carbons (Fsp3) is 0.923. The number of carbonyl (C=O) groups is 1. The molecule has 0 radical (unpaired) electrons. The maximum atomic E-state index is 11.6. The zero-order chi connectivity index (χ0) is 12.0. The number of nitrogens with one attached hydrogen (secondary N) is 2. The molecule has 0 aromatic carbocycles. The summed E-state index contributed by atoms with van der Waals surface area (Å²) in [4.78, 5) is 11.6. The molecule has 0 bridgehead atoms. The predicted octanol–water partition coefficient (Wildman–Crippen LogP) is 2.07. The van der Waals surface area contributed by atoms with Gasteiger partial charge < -0.3 is 10.6 Å². The van der Waals surface area contributed by atoms with Crippen LogP contribution < -0.4 is 10.6 Å². The van der Waals surface area contributed by atoms with Crippen molar-refractivity contribution in [2.45, 2.75) is 65.0 Å². The molecule has 0 heterocycles. The second kappa shape index (κ2) is 6.89. The van der Waals surface area contributed by atoms with Crippen molar-refractivity contribution in [3.05, 3.63) is 0 Å². The van der Waals surface area contributed by atoms with E-state index in [9.17, 15) is 4.79 Å². The number of amides is 1. The highest BCUT2D eigenvalue weighted by Gasteiger charge is 2.23. The van der Waals surface area contributed by atoms with E-state index < -0.39 is 0 Å². The Bertz CT molecular complexity index is 210. The Morgan fingerprint density at radius 2 is 1.94 bits per heavy atom. The average Bonchev–Trinajstić information content (AvgIpc) is 2.20. The van der Waals surface area contributed by atoms with Gasteiger partial charge in [-0.05, 0) is 38.5 Å². The molecule has 1 amide bonds. The molecule has 1 atom stereocenters. The van der Waals surface area contributed by atoms with E-state index in [2.05, 4.69) is 31.4 Å². The first-order valence-electron chi connectivity index (χ1n) is 6.70. The smallest absolute Gasteiger partial charge is 0.234 e. The number of carbonyl (C=O) groups excluding carboxylic acids is 1. The lowest BCUT2D eigenvalue weighted by atomic mass is 9.80. The minimum absolute atomic E-state index is 0.139. The summed E-state index contributed by atoms with van der Waals surface area (Å²) in [5, 5.41) is 6.37. The van der Waals surface area contributed by atoms with Crippen LogP contribution in [0.3, 0.4) is 0 Å². The van der Waals surface area contributed by atoms with Crippen LogP contribution in [-0.4, -0.2) is 24.5 Å². The van der Waals surface area contributed by atoms with E-state index in [0.29, 0.717) is 18.6 Å². The summed E-state index contributed by atoms with van der Waals surface area (Å²) >= 11 is 0. The summed E-state index contributed by atoms with van der Waals surface area (Å²) in [5.74, 6) is 0.931. The Balaban J connectivity index is 2.13. The molecular formula is C13H26N2O. The maximum absolute atomic E-state index is 11.6.